The fourth-order valence-electron chi connectivity index (χ4n) is 3.72. The van der Waals surface area contributed by atoms with Gasteiger partial charge < -0.3 is 0 Å². The number of Topliss-reactive ketones (excluding diaryl/α,β-unsaturated/α-hetero) is 1. The molecule has 0 fully saturated rings. The number of carbonyl (C=O) groups excluding carboxylic acids is 1. The summed E-state index contributed by atoms with van der Waals surface area (Å²) in [6.45, 7) is 1.73. The molecule has 0 amide bonds. The van der Waals surface area contributed by atoms with Crippen LogP contribution in [0.3, 0.4) is 0 Å². The van der Waals surface area contributed by atoms with Crippen LogP contribution < -0.4 is 4.31 Å². The Morgan fingerprint density at radius 3 is 2.43 bits per heavy atom. The largest absolute Gasteiger partial charge is 0.294 e. The first-order valence-corrected chi connectivity index (χ1v) is 11.7. The number of hydrogen-bond acceptors (Lipinski definition) is 3. The van der Waals surface area contributed by atoms with Crippen molar-refractivity contribution >= 4 is 45.2 Å². The van der Waals surface area contributed by atoms with Crippen molar-refractivity contribution in [1.29, 1.82) is 0 Å². The molecule has 30 heavy (non-hydrogen) atoms. The Balaban J connectivity index is 1.89. The Labute approximate surface area is 181 Å². The van der Waals surface area contributed by atoms with Crippen molar-refractivity contribution in [3.63, 3.8) is 0 Å². The van der Waals surface area contributed by atoms with E-state index >= 15 is 0 Å². The van der Waals surface area contributed by atoms with Gasteiger partial charge in [-0.15, -0.1) is 0 Å². The van der Waals surface area contributed by atoms with E-state index in [9.17, 15) is 13.2 Å². The molecule has 0 atom stereocenters. The van der Waals surface area contributed by atoms with Gasteiger partial charge in [0.25, 0.3) is 0 Å². The van der Waals surface area contributed by atoms with Gasteiger partial charge in [-0.3, -0.25) is 9.10 Å². The second-order valence-corrected chi connectivity index (χ2v) is 9.66. The molecule has 0 saturated heterocycles. The molecule has 0 spiro atoms. The molecule has 0 N–H and O–H groups in total. The summed E-state index contributed by atoms with van der Waals surface area (Å²) in [4.78, 5) is 12.1. The third kappa shape index (κ3) is 3.91. The third-order valence-corrected chi connectivity index (χ3v) is 6.54. The molecule has 1 heterocycles. The molecule has 0 unspecified atom stereocenters. The average Bonchev–Trinajstić information content (AvgIpc) is 2.69. The van der Waals surface area contributed by atoms with Crippen molar-refractivity contribution in [3.05, 3.63) is 87.9 Å². The predicted octanol–water partition coefficient (Wildman–Crippen LogP) is 5.66. The fraction of sp³-hybridized carbons (Fsp3) is 0.125. The van der Waals surface area contributed by atoms with E-state index < -0.39 is 10.0 Å². The Hall–Kier alpha value is -2.89. The smallest absolute Gasteiger partial charge is 0.232 e. The Morgan fingerprint density at radius 2 is 1.70 bits per heavy atom. The van der Waals surface area contributed by atoms with E-state index in [2.05, 4.69) is 0 Å². The van der Waals surface area contributed by atoms with E-state index in [-0.39, 0.29) is 12.3 Å². The minimum Gasteiger partial charge on any atom is -0.294 e. The van der Waals surface area contributed by atoms with Gasteiger partial charge in [0.05, 0.1) is 18.5 Å². The van der Waals surface area contributed by atoms with Gasteiger partial charge in [0, 0.05) is 16.1 Å². The summed E-state index contributed by atoms with van der Waals surface area (Å²) in [5.74, 6) is -0.0131. The maximum Gasteiger partial charge on any atom is 0.232 e. The van der Waals surface area contributed by atoms with E-state index in [0.29, 0.717) is 16.3 Å². The van der Waals surface area contributed by atoms with Crippen LogP contribution >= 0.6 is 11.6 Å². The van der Waals surface area contributed by atoms with E-state index in [0.717, 1.165) is 27.8 Å². The molecule has 152 valence electrons. The van der Waals surface area contributed by atoms with Crippen LogP contribution in [0, 0.1) is 0 Å². The standard InChI is InChI=1S/C24H20ClNO3S/c1-16(27)22-5-3-4-6-23(22)18-9-7-17-8-10-19-14-21(25)11-12-24(19)26(30(2,28)29)15-20(17)13-18/h3-14H,15H2,1-2H3/b10-8-. The molecule has 0 radical (unpaired) electrons. The number of carbonyl (C=O) groups is 1. The molecule has 0 aliphatic carbocycles. The number of rotatable bonds is 3. The van der Waals surface area contributed by atoms with E-state index in [4.69, 9.17) is 11.6 Å². The monoisotopic (exact) mass is 437 g/mol. The van der Waals surface area contributed by atoms with Crippen LogP contribution in [-0.2, 0) is 16.6 Å². The lowest BCUT2D eigenvalue weighted by atomic mass is 9.93. The molecule has 3 aromatic rings. The van der Waals surface area contributed by atoms with E-state index in [1.165, 1.54) is 10.6 Å². The minimum absolute atomic E-state index is 0.0131. The van der Waals surface area contributed by atoms with Crippen LogP contribution in [0.15, 0.2) is 60.7 Å². The molecule has 0 bridgehead atoms. The zero-order valence-corrected chi connectivity index (χ0v) is 18.2. The van der Waals surface area contributed by atoms with Crippen LogP contribution in [0.4, 0.5) is 5.69 Å². The highest BCUT2D eigenvalue weighted by Crippen LogP contribution is 2.34. The van der Waals surface area contributed by atoms with Gasteiger partial charge in [-0.1, -0.05) is 60.2 Å². The molecule has 1 aliphatic heterocycles. The molecule has 4 rings (SSSR count). The Morgan fingerprint density at radius 1 is 0.967 bits per heavy atom. The lowest BCUT2D eigenvalue weighted by Crippen LogP contribution is -2.30. The number of sulfonamides is 1. The second kappa shape index (κ2) is 7.74. The highest BCUT2D eigenvalue weighted by molar-refractivity contribution is 7.92. The molecular weight excluding hydrogens is 418 g/mol. The first-order valence-electron chi connectivity index (χ1n) is 9.42. The van der Waals surface area contributed by atoms with Gasteiger partial charge in [-0.05, 0) is 53.4 Å². The maximum atomic E-state index is 12.6. The van der Waals surface area contributed by atoms with Crippen molar-refractivity contribution in [3.8, 4) is 11.1 Å². The maximum absolute atomic E-state index is 12.6. The molecule has 0 saturated carbocycles. The van der Waals surface area contributed by atoms with Crippen LogP contribution in [0.2, 0.25) is 5.02 Å². The van der Waals surface area contributed by atoms with Gasteiger partial charge in [-0.25, -0.2) is 8.42 Å². The summed E-state index contributed by atoms with van der Waals surface area (Å²) in [7, 11) is -3.53. The number of fused-ring (bicyclic) bond motifs is 2. The number of benzene rings is 3. The van der Waals surface area contributed by atoms with E-state index in [1.54, 1.807) is 31.2 Å². The molecule has 0 aromatic heterocycles. The number of ketones is 1. The van der Waals surface area contributed by atoms with Crippen molar-refractivity contribution in [2.24, 2.45) is 0 Å². The quantitative estimate of drug-likeness (QED) is 0.497. The fourth-order valence-corrected chi connectivity index (χ4v) is 4.79. The van der Waals surface area contributed by atoms with Gasteiger partial charge in [-0.2, -0.15) is 0 Å². The second-order valence-electron chi connectivity index (χ2n) is 7.32. The van der Waals surface area contributed by atoms with Gasteiger partial charge in [0.1, 0.15) is 0 Å². The number of anilines is 1. The van der Waals surface area contributed by atoms with Crippen LogP contribution in [0.1, 0.15) is 34.0 Å². The van der Waals surface area contributed by atoms with Gasteiger partial charge in [0.15, 0.2) is 5.78 Å². The van der Waals surface area contributed by atoms with Gasteiger partial charge >= 0.3 is 0 Å². The zero-order chi connectivity index (χ0) is 21.5. The number of nitrogens with zero attached hydrogens (tertiary/aromatic N) is 1. The van der Waals surface area contributed by atoms with Gasteiger partial charge in [0.2, 0.25) is 10.0 Å². The first-order chi connectivity index (χ1) is 14.2. The van der Waals surface area contributed by atoms with Crippen molar-refractivity contribution < 1.29 is 13.2 Å². The summed E-state index contributed by atoms with van der Waals surface area (Å²) in [6, 6.07) is 18.5. The van der Waals surface area contributed by atoms with Crippen molar-refractivity contribution in [2.75, 3.05) is 10.6 Å². The third-order valence-electron chi connectivity index (χ3n) is 5.18. The van der Waals surface area contributed by atoms with E-state index in [1.807, 2.05) is 48.6 Å². The summed E-state index contributed by atoms with van der Waals surface area (Å²) < 4.78 is 26.7. The van der Waals surface area contributed by atoms with Crippen LogP contribution in [0.25, 0.3) is 23.3 Å². The number of halogens is 1. The van der Waals surface area contributed by atoms with Crippen molar-refractivity contribution in [2.45, 2.75) is 13.5 Å². The topological polar surface area (TPSA) is 54.5 Å². The Bertz CT molecular complexity index is 1300. The highest BCUT2D eigenvalue weighted by Gasteiger charge is 2.23. The SMILES string of the molecule is CC(=O)c1ccccc1-c1ccc2c(c1)CN(S(C)(=O)=O)c1ccc(Cl)cc1/C=C\2. The average molecular weight is 438 g/mol. The molecule has 1 aliphatic rings. The normalized spacial score (nSPS) is 14.3. The molecular formula is C24H20ClNO3S. The lowest BCUT2D eigenvalue weighted by molar-refractivity contribution is 0.101. The number of hydrogen-bond donors (Lipinski definition) is 0. The summed E-state index contributed by atoms with van der Waals surface area (Å²) in [5.41, 5.74) is 5.43. The minimum atomic E-state index is -3.53. The summed E-state index contributed by atoms with van der Waals surface area (Å²) >= 11 is 6.13. The molecule has 3 aromatic carbocycles. The predicted molar refractivity (Wildman–Crippen MR) is 123 cm³/mol. The molecule has 4 nitrogen and oxygen atoms in total. The molecule has 6 heteroatoms. The Kier molecular flexibility index (Phi) is 5.26. The first kappa shape index (κ1) is 20.4. The van der Waals surface area contributed by atoms with Crippen LogP contribution in [-0.4, -0.2) is 20.5 Å². The van der Waals surface area contributed by atoms with Crippen LogP contribution in [0.5, 0.6) is 0 Å². The lowest BCUT2D eigenvalue weighted by Gasteiger charge is -2.27. The summed E-state index contributed by atoms with van der Waals surface area (Å²) in [5, 5.41) is 0.545. The zero-order valence-electron chi connectivity index (χ0n) is 16.6. The van der Waals surface area contributed by atoms with Crippen molar-refractivity contribution in [1.82, 2.24) is 0 Å². The summed E-state index contributed by atoms with van der Waals surface area (Å²) in [6.07, 6.45) is 5.04. The highest BCUT2D eigenvalue weighted by atomic mass is 35.5.